The topological polar surface area (TPSA) is 0 Å². The maximum Gasteiger partial charge on any atom is 0.0369 e. The summed E-state index contributed by atoms with van der Waals surface area (Å²) >= 11 is 0. The number of hydrogen-bond acceptors (Lipinski definition) is 0. The molecule has 4 aromatic carbocycles. The van der Waals surface area contributed by atoms with E-state index >= 15 is 0 Å². The normalized spacial score (nSPS) is 19.5. The lowest BCUT2D eigenvalue weighted by Gasteiger charge is -2.36. The summed E-state index contributed by atoms with van der Waals surface area (Å²) in [7, 11) is 0. The van der Waals surface area contributed by atoms with Crippen molar-refractivity contribution in [2.24, 2.45) is 0 Å². The van der Waals surface area contributed by atoms with Crippen LogP contribution in [-0.4, -0.2) is 0 Å². The van der Waals surface area contributed by atoms with Crippen LogP contribution < -0.4 is 0 Å². The van der Waals surface area contributed by atoms with Crippen LogP contribution in [0.2, 0.25) is 0 Å². The Labute approximate surface area is 214 Å². The second-order valence-electron chi connectivity index (χ2n) is 9.89. The fourth-order valence-corrected chi connectivity index (χ4v) is 5.78. The van der Waals surface area contributed by atoms with Crippen LogP contribution in [0.1, 0.15) is 42.0 Å². The van der Waals surface area contributed by atoms with Gasteiger partial charge in [0.1, 0.15) is 0 Å². The first kappa shape index (κ1) is 22.3. The van der Waals surface area contributed by atoms with Crippen molar-refractivity contribution in [2.75, 3.05) is 0 Å². The van der Waals surface area contributed by atoms with Gasteiger partial charge in [0.15, 0.2) is 0 Å². The number of benzene rings is 4. The molecule has 0 N–H and O–H groups in total. The van der Waals surface area contributed by atoms with Crippen LogP contribution >= 0.6 is 0 Å². The highest BCUT2D eigenvalue weighted by Crippen LogP contribution is 2.50. The zero-order chi connectivity index (χ0) is 24.5. The Morgan fingerprint density at radius 3 is 2.03 bits per heavy atom. The Kier molecular flexibility index (Phi) is 5.66. The number of rotatable bonds is 3. The zero-order valence-electron chi connectivity index (χ0n) is 20.7. The van der Waals surface area contributed by atoms with Crippen LogP contribution in [0.4, 0.5) is 0 Å². The van der Waals surface area contributed by atoms with Gasteiger partial charge in [-0.15, -0.1) is 0 Å². The quantitative estimate of drug-likeness (QED) is 0.284. The molecule has 0 bridgehead atoms. The van der Waals surface area contributed by atoms with Crippen molar-refractivity contribution < 1.29 is 0 Å². The fraction of sp³-hybridized carbons (Fsp3) is 0.111. The first-order valence-electron chi connectivity index (χ1n) is 12.8. The van der Waals surface area contributed by atoms with Crippen LogP contribution in [0.25, 0.3) is 33.4 Å². The Hall–Kier alpha value is -4.16. The van der Waals surface area contributed by atoms with E-state index in [9.17, 15) is 0 Å². The van der Waals surface area contributed by atoms with Gasteiger partial charge in [-0.3, -0.25) is 0 Å². The van der Waals surface area contributed by atoms with Crippen molar-refractivity contribution in [3.8, 4) is 22.3 Å². The third-order valence-corrected chi connectivity index (χ3v) is 7.65. The standard InChI is InChI=1S/C36H30/c1-26-24-25-36(2,29-18-10-5-11-19-29)35-32(28-16-8-4-9-17-28)23-22-31(27-14-6-3-7-15-27)34(35)33-21-13-12-20-30(26)33/h3,5-8,10-25H,1,4,9H2,2H3/b25-24-. The SMILES string of the molecule is C=C1/C=C\C(C)(c2ccccc2)c2c(C3=CCCC=C3)ccc(-c3ccccc3)c2-c2ccccc21. The summed E-state index contributed by atoms with van der Waals surface area (Å²) in [6.07, 6.45) is 13.8. The van der Waals surface area contributed by atoms with Crippen molar-refractivity contribution in [3.05, 3.63) is 156 Å². The monoisotopic (exact) mass is 462 g/mol. The largest absolute Gasteiger partial charge is 0.0911 e. The number of hydrogen-bond donors (Lipinski definition) is 0. The van der Waals surface area contributed by atoms with E-state index in [-0.39, 0.29) is 5.41 Å². The minimum absolute atomic E-state index is 0.348. The lowest BCUT2D eigenvalue weighted by molar-refractivity contribution is 0.723. The van der Waals surface area contributed by atoms with E-state index in [1.54, 1.807) is 0 Å². The Bertz CT molecular complexity index is 1530. The Morgan fingerprint density at radius 1 is 0.639 bits per heavy atom. The third kappa shape index (κ3) is 3.71. The predicted molar refractivity (Wildman–Crippen MR) is 155 cm³/mol. The van der Waals surface area contributed by atoms with Gasteiger partial charge in [0.05, 0.1) is 0 Å². The average molecular weight is 463 g/mol. The summed E-state index contributed by atoms with van der Waals surface area (Å²) in [5, 5.41) is 0. The molecule has 0 saturated carbocycles. The summed E-state index contributed by atoms with van der Waals surface area (Å²) in [4.78, 5) is 0. The van der Waals surface area contributed by atoms with Crippen LogP contribution in [-0.2, 0) is 5.41 Å². The molecule has 0 spiro atoms. The van der Waals surface area contributed by atoms with Gasteiger partial charge in [-0.1, -0.05) is 134 Å². The average Bonchev–Trinajstić information content (AvgIpc) is 2.96. The fourth-order valence-electron chi connectivity index (χ4n) is 5.78. The molecular formula is C36H30. The summed E-state index contributed by atoms with van der Waals surface area (Å²) in [6, 6.07) is 35.1. The number of allylic oxidation sites excluding steroid dienone is 7. The van der Waals surface area contributed by atoms with E-state index in [4.69, 9.17) is 0 Å². The second-order valence-corrected chi connectivity index (χ2v) is 9.89. The highest BCUT2D eigenvalue weighted by atomic mass is 14.4. The Balaban J connectivity index is 1.81. The molecule has 36 heavy (non-hydrogen) atoms. The smallest absolute Gasteiger partial charge is 0.0369 e. The first-order chi connectivity index (χ1) is 17.7. The summed E-state index contributed by atoms with van der Waals surface area (Å²) in [5.74, 6) is 0. The summed E-state index contributed by atoms with van der Waals surface area (Å²) < 4.78 is 0. The highest BCUT2D eigenvalue weighted by Gasteiger charge is 2.35. The molecule has 4 aromatic rings. The van der Waals surface area contributed by atoms with Crippen molar-refractivity contribution in [2.45, 2.75) is 25.2 Å². The van der Waals surface area contributed by atoms with Crippen LogP contribution in [0, 0.1) is 0 Å². The molecule has 0 radical (unpaired) electrons. The molecule has 0 saturated heterocycles. The Morgan fingerprint density at radius 2 is 1.31 bits per heavy atom. The lowest BCUT2D eigenvalue weighted by Crippen LogP contribution is -2.25. The van der Waals surface area contributed by atoms with Gasteiger partial charge in [0.25, 0.3) is 0 Å². The van der Waals surface area contributed by atoms with E-state index in [1.807, 2.05) is 0 Å². The second kappa shape index (κ2) is 9.13. The van der Waals surface area contributed by atoms with Gasteiger partial charge in [-0.25, -0.2) is 0 Å². The molecule has 0 heteroatoms. The molecule has 2 aliphatic rings. The van der Waals surface area contributed by atoms with Crippen LogP contribution in [0.3, 0.4) is 0 Å². The van der Waals surface area contributed by atoms with Crippen molar-refractivity contribution in [1.29, 1.82) is 0 Å². The molecule has 0 aromatic heterocycles. The van der Waals surface area contributed by atoms with Crippen molar-refractivity contribution in [3.63, 3.8) is 0 Å². The van der Waals surface area contributed by atoms with E-state index in [2.05, 4.69) is 141 Å². The van der Waals surface area contributed by atoms with Crippen molar-refractivity contribution in [1.82, 2.24) is 0 Å². The number of fused-ring (bicyclic) bond motifs is 3. The van der Waals surface area contributed by atoms with Gasteiger partial charge in [-0.2, -0.15) is 0 Å². The maximum absolute atomic E-state index is 4.49. The summed E-state index contributed by atoms with van der Waals surface area (Å²) in [5.41, 5.74) is 12.2. The molecule has 0 nitrogen and oxygen atoms in total. The summed E-state index contributed by atoms with van der Waals surface area (Å²) in [6.45, 7) is 6.86. The molecule has 2 aliphatic carbocycles. The van der Waals surface area contributed by atoms with Gasteiger partial charge >= 0.3 is 0 Å². The van der Waals surface area contributed by atoms with Crippen LogP contribution in [0.5, 0.6) is 0 Å². The van der Waals surface area contributed by atoms with Gasteiger partial charge in [0.2, 0.25) is 0 Å². The molecule has 1 unspecified atom stereocenters. The first-order valence-corrected chi connectivity index (χ1v) is 12.8. The van der Waals surface area contributed by atoms with E-state index < -0.39 is 0 Å². The zero-order valence-corrected chi connectivity index (χ0v) is 20.7. The van der Waals surface area contributed by atoms with Gasteiger partial charge < -0.3 is 0 Å². The molecule has 0 amide bonds. The lowest BCUT2D eigenvalue weighted by atomic mass is 9.67. The van der Waals surface area contributed by atoms with E-state index in [0.29, 0.717) is 0 Å². The van der Waals surface area contributed by atoms with E-state index in [1.165, 1.54) is 50.1 Å². The molecular weight excluding hydrogens is 432 g/mol. The molecule has 1 atom stereocenters. The third-order valence-electron chi connectivity index (χ3n) is 7.65. The van der Waals surface area contributed by atoms with Crippen molar-refractivity contribution >= 4 is 11.1 Å². The highest BCUT2D eigenvalue weighted by molar-refractivity contribution is 5.98. The predicted octanol–water partition coefficient (Wildman–Crippen LogP) is 9.64. The maximum atomic E-state index is 4.49. The molecule has 0 heterocycles. The van der Waals surface area contributed by atoms with Gasteiger partial charge in [-0.05, 0) is 75.4 Å². The molecule has 174 valence electrons. The molecule has 0 fully saturated rings. The molecule has 0 aliphatic heterocycles. The minimum Gasteiger partial charge on any atom is -0.0911 e. The van der Waals surface area contributed by atoms with E-state index in [0.717, 1.165) is 18.4 Å². The minimum atomic E-state index is -0.348. The van der Waals surface area contributed by atoms with Gasteiger partial charge in [0, 0.05) is 5.41 Å². The van der Waals surface area contributed by atoms with Crippen LogP contribution in [0.15, 0.2) is 134 Å². The molecule has 6 rings (SSSR count).